The van der Waals surface area contributed by atoms with E-state index in [1.165, 1.54) is 17.0 Å². The Morgan fingerprint density at radius 1 is 0.952 bits per heavy atom. The van der Waals surface area contributed by atoms with Crippen LogP contribution in [-0.2, 0) is 12.6 Å². The molecule has 0 aliphatic carbocycles. The van der Waals surface area contributed by atoms with Crippen molar-refractivity contribution in [1.82, 2.24) is 25.1 Å². The second-order valence-electron chi connectivity index (χ2n) is 8.73. The van der Waals surface area contributed by atoms with Gasteiger partial charge in [-0.05, 0) is 35.9 Å². The number of rotatable bonds is 4. The van der Waals surface area contributed by atoms with E-state index in [-0.39, 0.29) is 49.7 Å². The number of anilines is 1. The Kier molecular flexibility index (Phi) is 11.1. The fraction of sp³-hybridized carbons (Fsp3) is 0.345. The molecule has 224 valence electrons. The maximum atomic E-state index is 14.7. The lowest BCUT2D eigenvalue weighted by Gasteiger charge is -2.34. The van der Waals surface area contributed by atoms with Gasteiger partial charge in [0, 0.05) is 54.9 Å². The highest BCUT2D eigenvalue weighted by molar-refractivity contribution is 9.10. The van der Waals surface area contributed by atoms with Gasteiger partial charge in [-0.25, -0.2) is 19.5 Å². The van der Waals surface area contributed by atoms with Crippen molar-refractivity contribution in [1.29, 1.82) is 0 Å². The molecule has 0 bridgehead atoms. The molecule has 2 aromatic carbocycles. The molecule has 0 atom stereocenters. The number of carbonyl (C=O) groups is 1. The standard InChI is InChI=1S/C25H19BrF4N6O2.2C2H6/c26-16-2-3-17-18(11-16)21(33-34-22(17)37)10-14-1-4-20(27)19(9-14)23(38)35-5-7-36(8-6-35)24-31-12-15(13-32-24)25(28,29)30;2*1-2/h1-4,9,11-13H,5-8,10H2,(H,34,37);2*1-2H3. The van der Waals surface area contributed by atoms with Crippen LogP contribution in [0.1, 0.15) is 54.9 Å². The number of piperazine rings is 1. The SMILES string of the molecule is CC.CC.O=C(c1cc(Cc2n[nH]c(=O)c3ccc(Br)cc23)ccc1F)N1CCN(c2ncc(C(F)(F)F)cn2)CC1. The van der Waals surface area contributed by atoms with Crippen LogP contribution in [0.5, 0.6) is 0 Å². The van der Waals surface area contributed by atoms with Crippen LogP contribution >= 0.6 is 15.9 Å². The third-order valence-corrected chi connectivity index (χ3v) is 6.77. The van der Waals surface area contributed by atoms with Crippen molar-refractivity contribution >= 4 is 38.6 Å². The Bertz CT molecular complexity index is 1570. The number of fused-ring (bicyclic) bond motifs is 1. The van der Waals surface area contributed by atoms with Crippen LogP contribution in [-0.4, -0.2) is 57.2 Å². The van der Waals surface area contributed by atoms with Crippen molar-refractivity contribution in [3.8, 4) is 0 Å². The first-order valence-electron chi connectivity index (χ1n) is 13.5. The van der Waals surface area contributed by atoms with Crippen molar-refractivity contribution in [2.24, 2.45) is 0 Å². The van der Waals surface area contributed by atoms with Crippen molar-refractivity contribution < 1.29 is 22.4 Å². The van der Waals surface area contributed by atoms with Crippen molar-refractivity contribution in [2.45, 2.75) is 40.3 Å². The molecule has 2 aromatic heterocycles. The molecule has 0 unspecified atom stereocenters. The van der Waals surface area contributed by atoms with E-state index in [0.717, 1.165) is 16.9 Å². The number of halogens is 5. The van der Waals surface area contributed by atoms with Gasteiger partial charge in [0.15, 0.2) is 0 Å². The number of aromatic nitrogens is 4. The van der Waals surface area contributed by atoms with Crippen LogP contribution in [0.2, 0.25) is 0 Å². The maximum Gasteiger partial charge on any atom is 0.419 e. The largest absolute Gasteiger partial charge is 0.419 e. The summed E-state index contributed by atoms with van der Waals surface area (Å²) < 4.78 is 53.8. The normalized spacial score (nSPS) is 13.2. The summed E-state index contributed by atoms with van der Waals surface area (Å²) in [5.41, 5.74) is -0.171. The number of nitrogens with zero attached hydrogens (tertiary/aromatic N) is 5. The van der Waals surface area contributed by atoms with Gasteiger partial charge in [-0.3, -0.25) is 9.59 Å². The molecule has 1 amide bonds. The van der Waals surface area contributed by atoms with Crippen LogP contribution in [0.3, 0.4) is 0 Å². The maximum absolute atomic E-state index is 14.7. The zero-order chi connectivity index (χ0) is 31.0. The van der Waals surface area contributed by atoms with Gasteiger partial charge < -0.3 is 9.80 Å². The summed E-state index contributed by atoms with van der Waals surface area (Å²) in [5.74, 6) is -1.04. The number of H-pyrrole nitrogens is 1. The molecule has 1 aliphatic rings. The minimum absolute atomic E-state index is 0.100. The van der Waals surface area contributed by atoms with Crippen LogP contribution in [0.25, 0.3) is 10.8 Å². The lowest BCUT2D eigenvalue weighted by Crippen LogP contribution is -2.49. The molecule has 1 aliphatic heterocycles. The first-order valence-corrected chi connectivity index (χ1v) is 14.3. The van der Waals surface area contributed by atoms with E-state index in [2.05, 4.69) is 36.1 Å². The van der Waals surface area contributed by atoms with Gasteiger partial charge >= 0.3 is 6.18 Å². The number of carbonyl (C=O) groups excluding carboxylic acids is 1. The fourth-order valence-electron chi connectivity index (χ4n) is 4.28. The summed E-state index contributed by atoms with van der Waals surface area (Å²) in [4.78, 5) is 36.0. The second-order valence-corrected chi connectivity index (χ2v) is 9.64. The quantitative estimate of drug-likeness (QED) is 0.263. The molecule has 8 nitrogen and oxygen atoms in total. The molecule has 5 rings (SSSR count). The number of amides is 1. The number of hydrogen-bond acceptors (Lipinski definition) is 6. The number of benzene rings is 2. The summed E-state index contributed by atoms with van der Waals surface area (Å²) in [6.45, 7) is 8.99. The molecule has 0 saturated carbocycles. The molecular formula is C29H31BrF4N6O2. The van der Waals surface area contributed by atoms with Crippen molar-refractivity contribution in [3.05, 3.63) is 91.8 Å². The van der Waals surface area contributed by atoms with E-state index in [1.54, 1.807) is 29.2 Å². The van der Waals surface area contributed by atoms with Crippen molar-refractivity contribution in [2.75, 3.05) is 31.1 Å². The van der Waals surface area contributed by atoms with Gasteiger partial charge in [0.1, 0.15) is 5.82 Å². The van der Waals surface area contributed by atoms with E-state index in [0.29, 0.717) is 22.0 Å². The highest BCUT2D eigenvalue weighted by atomic mass is 79.9. The molecular weight excluding hydrogens is 620 g/mol. The third kappa shape index (κ3) is 7.50. The summed E-state index contributed by atoms with van der Waals surface area (Å²) in [6, 6.07) is 9.46. The predicted octanol–water partition coefficient (Wildman–Crippen LogP) is 6.24. The Hall–Kier alpha value is -3.87. The van der Waals surface area contributed by atoms with E-state index >= 15 is 0 Å². The molecule has 1 N–H and O–H groups in total. The zero-order valence-electron chi connectivity index (χ0n) is 23.6. The summed E-state index contributed by atoms with van der Waals surface area (Å²) in [5, 5.41) is 7.73. The smallest absolute Gasteiger partial charge is 0.337 e. The molecule has 0 spiro atoms. The monoisotopic (exact) mass is 650 g/mol. The van der Waals surface area contributed by atoms with Crippen molar-refractivity contribution in [3.63, 3.8) is 0 Å². The first-order chi connectivity index (χ1) is 20.1. The first kappa shape index (κ1) is 32.6. The number of nitrogens with one attached hydrogen (secondary N) is 1. The summed E-state index contributed by atoms with van der Waals surface area (Å²) in [6.07, 6.45) is -2.83. The Balaban J connectivity index is 0.00000116. The average molecular weight is 652 g/mol. The van der Waals surface area contributed by atoms with E-state index in [9.17, 15) is 27.2 Å². The molecule has 1 saturated heterocycles. The van der Waals surface area contributed by atoms with Crippen LogP contribution in [0.4, 0.5) is 23.5 Å². The molecule has 42 heavy (non-hydrogen) atoms. The average Bonchev–Trinajstić information content (AvgIpc) is 3.01. The molecule has 13 heteroatoms. The second kappa shape index (κ2) is 14.3. The topological polar surface area (TPSA) is 95.1 Å². The summed E-state index contributed by atoms with van der Waals surface area (Å²) in [7, 11) is 0. The van der Waals surface area contributed by atoms with Gasteiger partial charge in [-0.15, -0.1) is 0 Å². The summed E-state index contributed by atoms with van der Waals surface area (Å²) >= 11 is 3.39. The van der Waals surface area contributed by atoms with E-state index in [4.69, 9.17) is 0 Å². The Morgan fingerprint density at radius 2 is 1.60 bits per heavy atom. The van der Waals surface area contributed by atoms with Crippen LogP contribution < -0.4 is 10.5 Å². The van der Waals surface area contributed by atoms with Gasteiger partial charge in [0.25, 0.3) is 11.5 Å². The van der Waals surface area contributed by atoms with Crippen LogP contribution in [0, 0.1) is 5.82 Å². The zero-order valence-corrected chi connectivity index (χ0v) is 25.2. The van der Waals surface area contributed by atoms with Gasteiger partial charge in [0.2, 0.25) is 5.95 Å². The molecule has 3 heterocycles. The van der Waals surface area contributed by atoms with E-state index in [1.807, 2.05) is 27.7 Å². The molecule has 1 fully saturated rings. The minimum Gasteiger partial charge on any atom is -0.337 e. The third-order valence-electron chi connectivity index (χ3n) is 6.28. The predicted molar refractivity (Wildman–Crippen MR) is 157 cm³/mol. The van der Waals surface area contributed by atoms with Gasteiger partial charge in [-0.2, -0.15) is 18.3 Å². The lowest BCUT2D eigenvalue weighted by atomic mass is 10.0. The van der Waals surface area contributed by atoms with Gasteiger partial charge in [0.05, 0.1) is 22.2 Å². The minimum atomic E-state index is -4.53. The fourth-order valence-corrected chi connectivity index (χ4v) is 4.64. The van der Waals surface area contributed by atoms with Gasteiger partial charge in [-0.1, -0.05) is 49.7 Å². The number of aromatic amines is 1. The lowest BCUT2D eigenvalue weighted by molar-refractivity contribution is -0.138. The molecule has 0 radical (unpaired) electrons. The molecule has 4 aromatic rings. The number of hydrogen-bond donors (Lipinski definition) is 1. The highest BCUT2D eigenvalue weighted by Gasteiger charge is 2.32. The Morgan fingerprint density at radius 3 is 2.21 bits per heavy atom. The highest BCUT2D eigenvalue weighted by Crippen LogP contribution is 2.28. The number of alkyl halides is 3. The Labute approximate surface area is 248 Å². The van der Waals surface area contributed by atoms with E-state index < -0.39 is 23.5 Å². The van der Waals surface area contributed by atoms with Crippen LogP contribution in [0.15, 0.2) is 58.1 Å².